The standard InChI is InChI=1S/C14H18ClN3/c1-3-18-12(15)8-11-9(2)16-13(17-14(11)18)10-6-4-5-7-10/h8,10H,3-7H2,1-2H3. The summed E-state index contributed by atoms with van der Waals surface area (Å²) in [4.78, 5) is 9.47. The van der Waals surface area contributed by atoms with Crippen molar-refractivity contribution in [3.8, 4) is 0 Å². The molecule has 4 heteroatoms. The summed E-state index contributed by atoms with van der Waals surface area (Å²) in [6, 6.07) is 1.98. The number of hydrogen-bond donors (Lipinski definition) is 0. The van der Waals surface area contributed by atoms with Gasteiger partial charge in [0.25, 0.3) is 0 Å². The van der Waals surface area contributed by atoms with Crippen LogP contribution in [0.4, 0.5) is 0 Å². The first-order valence-corrected chi connectivity index (χ1v) is 7.11. The minimum atomic E-state index is 0.548. The number of nitrogens with zero attached hydrogens (tertiary/aromatic N) is 3. The van der Waals surface area contributed by atoms with Gasteiger partial charge < -0.3 is 4.57 Å². The van der Waals surface area contributed by atoms with E-state index in [0.717, 1.165) is 34.2 Å². The maximum atomic E-state index is 6.25. The van der Waals surface area contributed by atoms with Gasteiger partial charge in [-0.05, 0) is 32.8 Å². The van der Waals surface area contributed by atoms with E-state index in [1.165, 1.54) is 25.7 Å². The van der Waals surface area contributed by atoms with Crippen LogP contribution >= 0.6 is 11.6 Å². The zero-order chi connectivity index (χ0) is 12.7. The molecule has 0 unspecified atom stereocenters. The molecule has 1 saturated carbocycles. The van der Waals surface area contributed by atoms with Gasteiger partial charge in [0.2, 0.25) is 0 Å². The molecule has 0 radical (unpaired) electrons. The summed E-state index contributed by atoms with van der Waals surface area (Å²) in [5.41, 5.74) is 2.05. The molecule has 1 aliphatic rings. The third-order valence-corrected chi connectivity index (χ3v) is 4.26. The van der Waals surface area contributed by atoms with Gasteiger partial charge in [0.15, 0.2) is 0 Å². The second-order valence-electron chi connectivity index (χ2n) is 5.10. The zero-order valence-electron chi connectivity index (χ0n) is 10.9. The summed E-state index contributed by atoms with van der Waals surface area (Å²) in [7, 11) is 0. The molecule has 3 rings (SSSR count). The van der Waals surface area contributed by atoms with Crippen molar-refractivity contribution in [2.24, 2.45) is 0 Å². The van der Waals surface area contributed by atoms with Gasteiger partial charge >= 0.3 is 0 Å². The molecule has 2 heterocycles. The number of hydrogen-bond acceptors (Lipinski definition) is 2. The maximum absolute atomic E-state index is 6.25. The van der Waals surface area contributed by atoms with Crippen molar-refractivity contribution in [3.05, 3.63) is 22.7 Å². The first-order valence-electron chi connectivity index (χ1n) is 6.74. The average Bonchev–Trinajstić information content (AvgIpc) is 2.95. The van der Waals surface area contributed by atoms with Gasteiger partial charge in [0, 0.05) is 17.8 Å². The van der Waals surface area contributed by atoms with Crippen LogP contribution in [0.1, 0.15) is 50.0 Å². The van der Waals surface area contributed by atoms with E-state index in [0.29, 0.717) is 5.92 Å². The van der Waals surface area contributed by atoms with Gasteiger partial charge in [0.1, 0.15) is 16.6 Å². The second-order valence-corrected chi connectivity index (χ2v) is 5.48. The van der Waals surface area contributed by atoms with E-state index < -0.39 is 0 Å². The van der Waals surface area contributed by atoms with Crippen molar-refractivity contribution < 1.29 is 0 Å². The fourth-order valence-electron chi connectivity index (χ4n) is 2.93. The van der Waals surface area contributed by atoms with Crippen molar-refractivity contribution in [2.45, 2.75) is 52.0 Å². The molecule has 0 aliphatic heterocycles. The highest BCUT2D eigenvalue weighted by molar-refractivity contribution is 6.30. The molecule has 2 aromatic rings. The van der Waals surface area contributed by atoms with E-state index in [2.05, 4.69) is 23.4 Å². The van der Waals surface area contributed by atoms with Crippen molar-refractivity contribution in [1.82, 2.24) is 14.5 Å². The van der Waals surface area contributed by atoms with Gasteiger partial charge in [-0.15, -0.1) is 0 Å². The number of fused-ring (bicyclic) bond motifs is 1. The van der Waals surface area contributed by atoms with Crippen LogP contribution in [0, 0.1) is 6.92 Å². The summed E-state index contributed by atoms with van der Waals surface area (Å²) in [6.07, 6.45) is 5.07. The molecule has 18 heavy (non-hydrogen) atoms. The van der Waals surface area contributed by atoms with E-state index in [4.69, 9.17) is 16.6 Å². The summed E-state index contributed by atoms with van der Waals surface area (Å²) >= 11 is 6.25. The van der Waals surface area contributed by atoms with Crippen molar-refractivity contribution in [1.29, 1.82) is 0 Å². The lowest BCUT2D eigenvalue weighted by Gasteiger charge is -2.10. The molecular formula is C14H18ClN3. The Balaban J connectivity index is 2.18. The molecule has 1 aliphatic carbocycles. The Morgan fingerprint density at radius 1 is 1.33 bits per heavy atom. The van der Waals surface area contributed by atoms with Crippen LogP contribution in [0.15, 0.2) is 6.07 Å². The average molecular weight is 264 g/mol. The highest BCUT2D eigenvalue weighted by Gasteiger charge is 2.22. The van der Waals surface area contributed by atoms with E-state index in [1.807, 2.05) is 6.07 Å². The summed E-state index contributed by atoms with van der Waals surface area (Å²) in [6.45, 7) is 5.00. The highest BCUT2D eigenvalue weighted by Crippen LogP contribution is 2.34. The maximum Gasteiger partial charge on any atom is 0.145 e. The first-order chi connectivity index (χ1) is 8.70. The Bertz CT molecular complexity index is 582. The smallest absolute Gasteiger partial charge is 0.145 e. The molecule has 1 fully saturated rings. The van der Waals surface area contributed by atoms with Crippen molar-refractivity contribution in [2.75, 3.05) is 0 Å². The molecule has 2 aromatic heterocycles. The third-order valence-electron chi connectivity index (χ3n) is 3.95. The predicted octanol–water partition coefficient (Wildman–Crippen LogP) is 4.07. The van der Waals surface area contributed by atoms with E-state index in [1.54, 1.807) is 0 Å². The number of halogens is 1. The summed E-state index contributed by atoms with van der Waals surface area (Å²) < 4.78 is 2.06. The fourth-order valence-corrected chi connectivity index (χ4v) is 3.24. The molecule has 96 valence electrons. The summed E-state index contributed by atoms with van der Waals surface area (Å²) in [5, 5.41) is 1.84. The van der Waals surface area contributed by atoms with Gasteiger partial charge in [-0.25, -0.2) is 9.97 Å². The van der Waals surface area contributed by atoms with Crippen LogP contribution in [-0.4, -0.2) is 14.5 Å². The molecule has 3 nitrogen and oxygen atoms in total. The zero-order valence-corrected chi connectivity index (χ0v) is 11.7. The summed E-state index contributed by atoms with van der Waals surface area (Å²) in [5.74, 6) is 1.56. The number of rotatable bonds is 2. The predicted molar refractivity (Wildman–Crippen MR) is 74.2 cm³/mol. The Kier molecular flexibility index (Phi) is 3.02. The molecule has 0 saturated heterocycles. The van der Waals surface area contributed by atoms with Crippen molar-refractivity contribution in [3.63, 3.8) is 0 Å². The first kappa shape index (κ1) is 12.0. The minimum Gasteiger partial charge on any atom is -0.317 e. The van der Waals surface area contributed by atoms with Gasteiger partial charge in [-0.1, -0.05) is 24.4 Å². The second kappa shape index (κ2) is 4.54. The Morgan fingerprint density at radius 3 is 2.72 bits per heavy atom. The number of aromatic nitrogens is 3. The molecule has 0 spiro atoms. The Hall–Kier alpha value is -1.09. The SMILES string of the molecule is CCn1c(Cl)cc2c(C)nc(C3CCCC3)nc21. The molecular weight excluding hydrogens is 246 g/mol. The van der Waals surface area contributed by atoms with E-state index >= 15 is 0 Å². The topological polar surface area (TPSA) is 30.7 Å². The van der Waals surface area contributed by atoms with Crippen LogP contribution in [0.3, 0.4) is 0 Å². The quantitative estimate of drug-likeness (QED) is 0.818. The fraction of sp³-hybridized carbons (Fsp3) is 0.571. The molecule has 0 bridgehead atoms. The van der Waals surface area contributed by atoms with Crippen LogP contribution < -0.4 is 0 Å². The molecule has 0 aromatic carbocycles. The van der Waals surface area contributed by atoms with Gasteiger partial charge in [-0.3, -0.25) is 0 Å². The van der Waals surface area contributed by atoms with E-state index in [9.17, 15) is 0 Å². The van der Waals surface area contributed by atoms with Gasteiger partial charge in [0.05, 0.1) is 5.69 Å². The van der Waals surface area contributed by atoms with E-state index in [-0.39, 0.29) is 0 Å². The molecule has 0 N–H and O–H groups in total. The van der Waals surface area contributed by atoms with Crippen LogP contribution in [-0.2, 0) is 6.54 Å². The highest BCUT2D eigenvalue weighted by atomic mass is 35.5. The van der Waals surface area contributed by atoms with Gasteiger partial charge in [-0.2, -0.15) is 0 Å². The van der Waals surface area contributed by atoms with Crippen LogP contribution in [0.25, 0.3) is 11.0 Å². The number of aryl methyl sites for hydroxylation is 2. The lowest BCUT2D eigenvalue weighted by atomic mass is 10.1. The minimum absolute atomic E-state index is 0.548. The monoisotopic (exact) mass is 263 g/mol. The lowest BCUT2D eigenvalue weighted by molar-refractivity contribution is 0.664. The Morgan fingerprint density at radius 2 is 2.06 bits per heavy atom. The Labute approximate surface area is 112 Å². The molecule has 0 amide bonds. The third kappa shape index (κ3) is 1.81. The van der Waals surface area contributed by atoms with Crippen LogP contribution in [0.2, 0.25) is 5.15 Å². The normalized spacial score (nSPS) is 16.8. The van der Waals surface area contributed by atoms with Crippen molar-refractivity contribution >= 4 is 22.6 Å². The largest absolute Gasteiger partial charge is 0.317 e. The molecule has 0 atom stereocenters. The lowest BCUT2D eigenvalue weighted by Crippen LogP contribution is -2.05. The van der Waals surface area contributed by atoms with Crippen LogP contribution in [0.5, 0.6) is 0 Å².